The first-order chi connectivity index (χ1) is 8.97. The molecule has 0 aliphatic rings. The van der Waals surface area contributed by atoms with Gasteiger partial charge in [-0.05, 0) is 51.2 Å². The van der Waals surface area contributed by atoms with E-state index >= 15 is 0 Å². The van der Waals surface area contributed by atoms with Gasteiger partial charge in [0.2, 0.25) is 0 Å². The van der Waals surface area contributed by atoms with E-state index in [1.54, 1.807) is 0 Å². The van der Waals surface area contributed by atoms with Crippen LogP contribution < -0.4 is 5.73 Å². The number of nitrogens with zero attached hydrogens (tertiary/aromatic N) is 3. The summed E-state index contributed by atoms with van der Waals surface area (Å²) in [5.41, 5.74) is 9.76. The highest BCUT2D eigenvalue weighted by Crippen LogP contribution is 2.26. The van der Waals surface area contributed by atoms with Gasteiger partial charge in [0.1, 0.15) is 0 Å². The zero-order valence-electron chi connectivity index (χ0n) is 11.9. The Balaban J connectivity index is 2.28. The molecule has 0 aliphatic carbocycles. The Morgan fingerprint density at radius 3 is 2.68 bits per heavy atom. The smallest absolute Gasteiger partial charge is 0.258 e. The van der Waals surface area contributed by atoms with Gasteiger partial charge in [-0.1, -0.05) is 5.16 Å². The maximum Gasteiger partial charge on any atom is 0.258 e. The van der Waals surface area contributed by atoms with Gasteiger partial charge >= 0.3 is 0 Å². The van der Waals surface area contributed by atoms with Crippen LogP contribution in [-0.2, 0) is 6.42 Å². The van der Waals surface area contributed by atoms with Crippen LogP contribution in [0.1, 0.15) is 17.0 Å². The van der Waals surface area contributed by atoms with Crippen molar-refractivity contribution in [1.29, 1.82) is 0 Å². The molecule has 0 aliphatic heterocycles. The molecule has 0 amide bonds. The van der Waals surface area contributed by atoms with Crippen molar-refractivity contribution in [1.82, 2.24) is 15.0 Å². The van der Waals surface area contributed by atoms with Gasteiger partial charge in [0.15, 0.2) is 5.82 Å². The van der Waals surface area contributed by atoms with E-state index < -0.39 is 0 Å². The van der Waals surface area contributed by atoms with Crippen molar-refractivity contribution in [3.8, 4) is 11.5 Å². The van der Waals surface area contributed by atoms with Crippen LogP contribution >= 0.6 is 0 Å². The van der Waals surface area contributed by atoms with Gasteiger partial charge in [-0.15, -0.1) is 0 Å². The Morgan fingerprint density at radius 2 is 2.00 bits per heavy atom. The molecular weight excluding hydrogens is 240 g/mol. The number of nitrogen functional groups attached to an aromatic ring is 1. The summed E-state index contributed by atoms with van der Waals surface area (Å²) in [6.45, 7) is 4.96. The van der Waals surface area contributed by atoms with Crippen molar-refractivity contribution in [2.45, 2.75) is 20.3 Å². The average Bonchev–Trinajstić information content (AvgIpc) is 2.79. The van der Waals surface area contributed by atoms with E-state index in [0.29, 0.717) is 11.6 Å². The molecule has 0 spiro atoms. The Hall–Kier alpha value is -1.88. The third-order valence-electron chi connectivity index (χ3n) is 3.17. The van der Waals surface area contributed by atoms with Gasteiger partial charge in [-0.3, -0.25) is 0 Å². The van der Waals surface area contributed by atoms with Crippen LogP contribution in [0.2, 0.25) is 0 Å². The van der Waals surface area contributed by atoms with E-state index in [-0.39, 0.29) is 0 Å². The molecular formula is C14H20N4O. The molecule has 1 aromatic heterocycles. The summed E-state index contributed by atoms with van der Waals surface area (Å²) in [6.07, 6.45) is 0.775. The molecule has 102 valence electrons. The first-order valence-corrected chi connectivity index (χ1v) is 6.32. The lowest BCUT2D eigenvalue weighted by atomic mass is 10.0. The second-order valence-electron chi connectivity index (χ2n) is 5.08. The molecule has 0 radical (unpaired) electrons. The fourth-order valence-corrected chi connectivity index (χ4v) is 1.90. The number of benzene rings is 1. The van der Waals surface area contributed by atoms with E-state index in [1.165, 1.54) is 0 Å². The number of hydrogen-bond donors (Lipinski definition) is 1. The van der Waals surface area contributed by atoms with Gasteiger partial charge in [0, 0.05) is 24.2 Å². The lowest BCUT2D eigenvalue weighted by Gasteiger charge is -2.06. The van der Waals surface area contributed by atoms with Crippen molar-refractivity contribution in [3.63, 3.8) is 0 Å². The molecule has 2 aromatic rings. The fourth-order valence-electron chi connectivity index (χ4n) is 1.90. The molecule has 5 heteroatoms. The van der Waals surface area contributed by atoms with Crippen LogP contribution in [0.25, 0.3) is 11.5 Å². The summed E-state index contributed by atoms with van der Waals surface area (Å²) in [5, 5.41) is 4.01. The van der Waals surface area contributed by atoms with Crippen molar-refractivity contribution in [2.75, 3.05) is 26.4 Å². The first kappa shape index (κ1) is 13.5. The summed E-state index contributed by atoms with van der Waals surface area (Å²) in [6, 6.07) is 3.83. The zero-order valence-corrected chi connectivity index (χ0v) is 11.9. The summed E-state index contributed by atoms with van der Waals surface area (Å²) < 4.78 is 5.34. The van der Waals surface area contributed by atoms with E-state index in [0.717, 1.165) is 35.5 Å². The van der Waals surface area contributed by atoms with Crippen LogP contribution in [0.5, 0.6) is 0 Å². The summed E-state index contributed by atoms with van der Waals surface area (Å²) in [5.74, 6) is 1.27. The maximum absolute atomic E-state index is 5.87. The molecule has 0 saturated heterocycles. The number of nitrogens with two attached hydrogens (primary N) is 1. The molecule has 0 fully saturated rings. The molecule has 0 unspecified atom stereocenters. The molecule has 1 heterocycles. The highest BCUT2D eigenvalue weighted by atomic mass is 16.5. The minimum atomic E-state index is 0.543. The molecule has 0 bridgehead atoms. The third kappa shape index (κ3) is 3.12. The Kier molecular flexibility index (Phi) is 3.85. The zero-order chi connectivity index (χ0) is 14.0. The number of aryl methyl sites for hydroxylation is 1. The second-order valence-corrected chi connectivity index (χ2v) is 5.08. The SMILES string of the molecule is Cc1cc(N)cc(-c2nc(CCN(C)C)no2)c1C. The maximum atomic E-state index is 5.87. The minimum absolute atomic E-state index is 0.543. The van der Waals surface area contributed by atoms with Crippen LogP contribution in [0.15, 0.2) is 16.7 Å². The molecule has 2 rings (SSSR count). The number of anilines is 1. The second kappa shape index (κ2) is 5.40. The lowest BCUT2D eigenvalue weighted by molar-refractivity contribution is 0.392. The number of likely N-dealkylation sites (N-methyl/N-ethyl adjacent to an activating group) is 1. The van der Waals surface area contributed by atoms with Crippen molar-refractivity contribution < 1.29 is 4.52 Å². The minimum Gasteiger partial charge on any atom is -0.399 e. The van der Waals surface area contributed by atoms with Crippen molar-refractivity contribution >= 4 is 5.69 Å². The normalized spacial score (nSPS) is 11.2. The lowest BCUT2D eigenvalue weighted by Crippen LogP contribution is -2.15. The molecule has 2 N–H and O–H groups in total. The van der Waals surface area contributed by atoms with Crippen LogP contribution in [0, 0.1) is 13.8 Å². The van der Waals surface area contributed by atoms with Gasteiger partial charge in [-0.2, -0.15) is 4.98 Å². The monoisotopic (exact) mass is 260 g/mol. The van der Waals surface area contributed by atoms with Crippen LogP contribution in [0.4, 0.5) is 5.69 Å². The predicted octanol–water partition coefficient (Wildman–Crippen LogP) is 2.04. The highest BCUT2D eigenvalue weighted by molar-refractivity contribution is 5.66. The van der Waals surface area contributed by atoms with E-state index in [4.69, 9.17) is 10.3 Å². The van der Waals surface area contributed by atoms with Gasteiger partial charge in [0.25, 0.3) is 5.89 Å². The standard InChI is InChI=1S/C14H20N4O/c1-9-7-11(15)8-12(10(9)2)14-16-13(17-19-14)5-6-18(3)4/h7-8H,5-6,15H2,1-4H3. The van der Waals surface area contributed by atoms with Gasteiger partial charge < -0.3 is 15.2 Å². The van der Waals surface area contributed by atoms with Crippen molar-refractivity contribution in [2.24, 2.45) is 0 Å². The van der Waals surface area contributed by atoms with Crippen LogP contribution in [0.3, 0.4) is 0 Å². The van der Waals surface area contributed by atoms with E-state index in [1.807, 2.05) is 40.1 Å². The highest BCUT2D eigenvalue weighted by Gasteiger charge is 2.13. The molecule has 5 nitrogen and oxygen atoms in total. The summed E-state index contributed by atoms with van der Waals surface area (Å²) >= 11 is 0. The van der Waals surface area contributed by atoms with Crippen LogP contribution in [-0.4, -0.2) is 35.7 Å². The first-order valence-electron chi connectivity index (χ1n) is 6.32. The Morgan fingerprint density at radius 1 is 1.26 bits per heavy atom. The third-order valence-corrected chi connectivity index (χ3v) is 3.17. The van der Waals surface area contributed by atoms with E-state index in [2.05, 4.69) is 15.0 Å². The number of rotatable bonds is 4. The largest absolute Gasteiger partial charge is 0.399 e. The molecule has 0 atom stereocenters. The summed E-state index contributed by atoms with van der Waals surface area (Å²) in [4.78, 5) is 6.52. The number of aromatic nitrogens is 2. The molecule has 1 aromatic carbocycles. The molecule has 0 saturated carbocycles. The van der Waals surface area contributed by atoms with Gasteiger partial charge in [-0.25, -0.2) is 0 Å². The topological polar surface area (TPSA) is 68.2 Å². The fraction of sp³-hybridized carbons (Fsp3) is 0.429. The van der Waals surface area contributed by atoms with Crippen molar-refractivity contribution in [3.05, 3.63) is 29.1 Å². The summed E-state index contributed by atoms with van der Waals surface area (Å²) in [7, 11) is 4.04. The Bertz CT molecular complexity index is 575. The van der Waals surface area contributed by atoms with E-state index in [9.17, 15) is 0 Å². The Labute approximate surface area is 113 Å². The quantitative estimate of drug-likeness (QED) is 0.852. The average molecular weight is 260 g/mol. The number of hydrogen-bond acceptors (Lipinski definition) is 5. The predicted molar refractivity (Wildman–Crippen MR) is 75.9 cm³/mol. The van der Waals surface area contributed by atoms with Gasteiger partial charge in [0.05, 0.1) is 0 Å². The molecule has 19 heavy (non-hydrogen) atoms.